The van der Waals surface area contributed by atoms with E-state index in [9.17, 15) is 0 Å². The van der Waals surface area contributed by atoms with Gasteiger partial charge in [-0.3, -0.25) is 0 Å². The highest BCUT2D eigenvalue weighted by Gasteiger charge is 1.95. The standard InChI is InChI=1S/C10H10N3/c1-8-6-13(7-12-8)10-4-2-9(11)3-5-10/h2-7H,1,11H2. The van der Waals surface area contributed by atoms with Crippen LogP contribution >= 0.6 is 0 Å². The van der Waals surface area contributed by atoms with Crippen molar-refractivity contribution in [2.45, 2.75) is 0 Å². The molecule has 0 bridgehead atoms. The van der Waals surface area contributed by atoms with E-state index in [4.69, 9.17) is 5.73 Å². The summed E-state index contributed by atoms with van der Waals surface area (Å²) in [5, 5.41) is 0. The smallest absolute Gasteiger partial charge is 0.0995 e. The van der Waals surface area contributed by atoms with E-state index < -0.39 is 0 Å². The number of nitrogens with zero attached hydrogens (tertiary/aromatic N) is 2. The van der Waals surface area contributed by atoms with Crippen LogP contribution in [0.15, 0.2) is 36.8 Å². The summed E-state index contributed by atoms with van der Waals surface area (Å²) in [7, 11) is 0. The summed E-state index contributed by atoms with van der Waals surface area (Å²) in [5.41, 5.74) is 8.13. The molecule has 0 aliphatic carbocycles. The van der Waals surface area contributed by atoms with Crippen LogP contribution in [0.2, 0.25) is 0 Å². The molecule has 0 saturated carbocycles. The van der Waals surface area contributed by atoms with Crippen LogP contribution in [0.5, 0.6) is 0 Å². The molecule has 2 aromatic rings. The molecule has 2 rings (SSSR count). The molecule has 0 amide bonds. The zero-order valence-electron chi connectivity index (χ0n) is 7.14. The Labute approximate surface area is 76.8 Å². The summed E-state index contributed by atoms with van der Waals surface area (Å²) in [5.74, 6) is 0. The van der Waals surface area contributed by atoms with Crippen molar-refractivity contribution in [2.24, 2.45) is 0 Å². The zero-order chi connectivity index (χ0) is 9.26. The molecule has 2 N–H and O–H groups in total. The number of aromatic nitrogens is 2. The first kappa shape index (κ1) is 7.86. The number of rotatable bonds is 1. The lowest BCUT2D eigenvalue weighted by Crippen LogP contribution is -1.90. The van der Waals surface area contributed by atoms with Crippen molar-refractivity contribution in [1.29, 1.82) is 0 Å². The van der Waals surface area contributed by atoms with Crippen LogP contribution in [0, 0.1) is 6.92 Å². The molecule has 1 aromatic heterocycles. The Hall–Kier alpha value is -1.77. The van der Waals surface area contributed by atoms with Crippen LogP contribution < -0.4 is 5.73 Å². The van der Waals surface area contributed by atoms with E-state index in [-0.39, 0.29) is 0 Å². The third-order valence-electron chi connectivity index (χ3n) is 1.83. The second-order valence-corrected chi connectivity index (χ2v) is 2.86. The summed E-state index contributed by atoms with van der Waals surface area (Å²) < 4.78 is 1.90. The van der Waals surface area contributed by atoms with Gasteiger partial charge < -0.3 is 10.3 Å². The van der Waals surface area contributed by atoms with Crippen molar-refractivity contribution >= 4 is 5.69 Å². The SMILES string of the molecule is [CH2]c1cn(-c2ccc(N)cc2)cn1. The maximum atomic E-state index is 5.57. The van der Waals surface area contributed by atoms with Gasteiger partial charge in [0.25, 0.3) is 0 Å². The van der Waals surface area contributed by atoms with Crippen LogP contribution in [-0.4, -0.2) is 9.55 Å². The van der Waals surface area contributed by atoms with Gasteiger partial charge in [-0.1, -0.05) is 0 Å². The Morgan fingerprint density at radius 3 is 2.46 bits per heavy atom. The van der Waals surface area contributed by atoms with Crippen molar-refractivity contribution in [3.05, 3.63) is 49.4 Å². The molecule has 13 heavy (non-hydrogen) atoms. The molecule has 3 nitrogen and oxygen atoms in total. The fourth-order valence-corrected chi connectivity index (χ4v) is 1.15. The first-order valence-corrected chi connectivity index (χ1v) is 3.97. The maximum absolute atomic E-state index is 5.57. The molecular weight excluding hydrogens is 162 g/mol. The average Bonchev–Trinajstić information content (AvgIpc) is 2.53. The normalized spacial score (nSPS) is 10.2. The van der Waals surface area contributed by atoms with Crippen molar-refractivity contribution < 1.29 is 0 Å². The van der Waals surface area contributed by atoms with Gasteiger partial charge in [0.2, 0.25) is 0 Å². The lowest BCUT2D eigenvalue weighted by Gasteiger charge is -2.00. The number of anilines is 1. The van der Waals surface area contributed by atoms with Crippen molar-refractivity contribution in [2.75, 3.05) is 5.73 Å². The quantitative estimate of drug-likeness (QED) is 0.664. The third-order valence-corrected chi connectivity index (χ3v) is 1.83. The summed E-state index contributed by atoms with van der Waals surface area (Å²) in [4.78, 5) is 4.04. The molecule has 1 heterocycles. The Bertz CT molecular complexity index is 400. The minimum absolute atomic E-state index is 0.761. The summed E-state index contributed by atoms with van der Waals surface area (Å²) in [6, 6.07) is 7.60. The minimum atomic E-state index is 0.761. The fourth-order valence-electron chi connectivity index (χ4n) is 1.15. The van der Waals surface area contributed by atoms with Gasteiger partial charge in [0.15, 0.2) is 0 Å². The van der Waals surface area contributed by atoms with Crippen LogP contribution in [-0.2, 0) is 0 Å². The van der Waals surface area contributed by atoms with Gasteiger partial charge in [0.1, 0.15) is 0 Å². The highest BCUT2D eigenvalue weighted by molar-refractivity contribution is 5.45. The number of benzene rings is 1. The molecule has 0 fully saturated rings. The number of nitrogen functional groups attached to an aromatic ring is 1. The predicted octanol–water partition coefficient (Wildman–Crippen LogP) is 1.64. The Balaban J connectivity index is 2.41. The fraction of sp³-hybridized carbons (Fsp3) is 0. The second-order valence-electron chi connectivity index (χ2n) is 2.86. The first-order valence-electron chi connectivity index (χ1n) is 3.97. The van der Waals surface area contributed by atoms with Crippen LogP contribution in [0.1, 0.15) is 5.69 Å². The first-order chi connectivity index (χ1) is 6.25. The summed E-state index contributed by atoms with van der Waals surface area (Å²) in [6.45, 7) is 3.73. The van der Waals surface area contributed by atoms with E-state index in [0.717, 1.165) is 17.1 Å². The molecule has 0 aliphatic heterocycles. The minimum Gasteiger partial charge on any atom is -0.399 e. The van der Waals surface area contributed by atoms with Crippen LogP contribution in [0.25, 0.3) is 5.69 Å². The van der Waals surface area contributed by atoms with Gasteiger partial charge >= 0.3 is 0 Å². The number of nitrogens with two attached hydrogens (primary N) is 1. The zero-order valence-corrected chi connectivity index (χ0v) is 7.14. The summed E-state index contributed by atoms with van der Waals surface area (Å²) in [6.07, 6.45) is 3.60. The van der Waals surface area contributed by atoms with E-state index in [1.165, 1.54) is 0 Å². The Morgan fingerprint density at radius 2 is 1.92 bits per heavy atom. The Kier molecular flexibility index (Phi) is 1.77. The van der Waals surface area contributed by atoms with Crippen LogP contribution in [0.4, 0.5) is 5.69 Å². The molecule has 1 radical (unpaired) electrons. The van der Waals surface area contributed by atoms with E-state index in [2.05, 4.69) is 11.9 Å². The molecule has 1 aromatic carbocycles. The van der Waals surface area contributed by atoms with Gasteiger partial charge in [0.05, 0.1) is 12.0 Å². The predicted molar refractivity (Wildman–Crippen MR) is 52.4 cm³/mol. The molecule has 0 atom stereocenters. The largest absolute Gasteiger partial charge is 0.399 e. The van der Waals surface area contributed by atoms with E-state index >= 15 is 0 Å². The van der Waals surface area contributed by atoms with Crippen LogP contribution in [0.3, 0.4) is 0 Å². The van der Waals surface area contributed by atoms with E-state index in [1.807, 2.05) is 35.0 Å². The van der Waals surface area contributed by atoms with Crippen molar-refractivity contribution in [3.8, 4) is 5.69 Å². The number of hydrogen-bond donors (Lipinski definition) is 1. The molecule has 3 heteroatoms. The lowest BCUT2D eigenvalue weighted by molar-refractivity contribution is 1.06. The molecule has 0 aliphatic rings. The molecule has 65 valence electrons. The maximum Gasteiger partial charge on any atom is 0.0995 e. The Morgan fingerprint density at radius 1 is 1.23 bits per heavy atom. The second kappa shape index (κ2) is 2.94. The molecule has 0 unspecified atom stereocenters. The molecular formula is C10H10N3. The topological polar surface area (TPSA) is 43.8 Å². The number of hydrogen-bond acceptors (Lipinski definition) is 2. The summed E-state index contributed by atoms with van der Waals surface area (Å²) >= 11 is 0. The monoisotopic (exact) mass is 172 g/mol. The number of imidazole rings is 1. The average molecular weight is 172 g/mol. The highest BCUT2D eigenvalue weighted by Crippen LogP contribution is 2.10. The molecule has 0 spiro atoms. The van der Waals surface area contributed by atoms with Gasteiger partial charge in [-0.2, -0.15) is 0 Å². The van der Waals surface area contributed by atoms with Gasteiger partial charge in [-0.05, 0) is 31.2 Å². The van der Waals surface area contributed by atoms with Gasteiger partial charge in [0, 0.05) is 17.6 Å². The highest BCUT2D eigenvalue weighted by atomic mass is 15.0. The van der Waals surface area contributed by atoms with Crippen molar-refractivity contribution in [1.82, 2.24) is 9.55 Å². The third kappa shape index (κ3) is 1.54. The van der Waals surface area contributed by atoms with Crippen molar-refractivity contribution in [3.63, 3.8) is 0 Å². The van der Waals surface area contributed by atoms with E-state index in [1.54, 1.807) is 6.33 Å². The lowest BCUT2D eigenvalue weighted by atomic mass is 10.3. The van der Waals surface area contributed by atoms with E-state index in [0.29, 0.717) is 0 Å². The molecule has 0 saturated heterocycles. The van der Waals surface area contributed by atoms with Gasteiger partial charge in [-0.15, -0.1) is 0 Å². The van der Waals surface area contributed by atoms with Gasteiger partial charge in [-0.25, -0.2) is 4.98 Å².